The minimum atomic E-state index is 0.427. The van der Waals surface area contributed by atoms with Crippen LogP contribution in [-0.2, 0) is 6.42 Å². The molecule has 1 N–H and O–H groups in total. The van der Waals surface area contributed by atoms with E-state index >= 15 is 0 Å². The highest BCUT2D eigenvalue weighted by molar-refractivity contribution is 5.38. The average molecular weight is 286 g/mol. The summed E-state index contributed by atoms with van der Waals surface area (Å²) < 4.78 is 0. The zero-order valence-electron chi connectivity index (χ0n) is 12.8. The van der Waals surface area contributed by atoms with Gasteiger partial charge in [0.1, 0.15) is 5.75 Å². The summed E-state index contributed by atoms with van der Waals surface area (Å²) in [5.41, 5.74) is 2.84. The Bertz CT molecular complexity index is 510. The molecule has 1 aromatic rings. The molecule has 0 saturated carbocycles. The summed E-state index contributed by atoms with van der Waals surface area (Å²) in [5.74, 6) is 0.427. The number of benzene rings is 1. The molecule has 0 spiro atoms. The van der Waals surface area contributed by atoms with Gasteiger partial charge in [0, 0.05) is 25.2 Å². The summed E-state index contributed by atoms with van der Waals surface area (Å²) in [5, 5.41) is 9.85. The third-order valence-corrected chi connectivity index (χ3v) is 5.70. The van der Waals surface area contributed by atoms with Crippen molar-refractivity contribution < 1.29 is 5.11 Å². The van der Waals surface area contributed by atoms with Crippen molar-refractivity contribution in [2.75, 3.05) is 26.2 Å². The van der Waals surface area contributed by atoms with E-state index in [4.69, 9.17) is 0 Å². The topological polar surface area (TPSA) is 26.7 Å². The van der Waals surface area contributed by atoms with Gasteiger partial charge in [0.05, 0.1) is 0 Å². The van der Waals surface area contributed by atoms with Crippen LogP contribution in [0.25, 0.3) is 0 Å². The Labute approximate surface area is 127 Å². The van der Waals surface area contributed by atoms with E-state index in [0.717, 1.165) is 6.04 Å². The SMILES string of the molecule is Oc1ccc2c(c1)C(N1CCC(N3CCCC3)C1)CCC2. The number of rotatable bonds is 2. The van der Waals surface area contributed by atoms with Crippen LogP contribution in [0.3, 0.4) is 0 Å². The zero-order chi connectivity index (χ0) is 14.2. The van der Waals surface area contributed by atoms with Gasteiger partial charge in [0.25, 0.3) is 0 Å². The molecule has 114 valence electrons. The van der Waals surface area contributed by atoms with Gasteiger partial charge in [0.2, 0.25) is 0 Å². The van der Waals surface area contributed by atoms with Gasteiger partial charge < -0.3 is 5.11 Å². The molecule has 0 aromatic heterocycles. The maximum Gasteiger partial charge on any atom is 0.115 e. The van der Waals surface area contributed by atoms with Crippen LogP contribution in [0.5, 0.6) is 5.75 Å². The number of likely N-dealkylation sites (tertiary alicyclic amines) is 2. The highest BCUT2D eigenvalue weighted by Gasteiger charge is 2.34. The molecule has 2 atom stereocenters. The van der Waals surface area contributed by atoms with Crippen molar-refractivity contribution in [3.05, 3.63) is 29.3 Å². The van der Waals surface area contributed by atoms with Gasteiger partial charge >= 0.3 is 0 Å². The quantitative estimate of drug-likeness (QED) is 0.905. The number of aryl methyl sites for hydroxylation is 1. The molecule has 2 saturated heterocycles. The fourth-order valence-corrected chi connectivity index (χ4v) is 4.60. The first kappa shape index (κ1) is 13.6. The third kappa shape index (κ3) is 2.58. The van der Waals surface area contributed by atoms with Crippen molar-refractivity contribution in [1.29, 1.82) is 0 Å². The highest BCUT2D eigenvalue weighted by atomic mass is 16.3. The first-order valence-corrected chi connectivity index (χ1v) is 8.61. The smallest absolute Gasteiger partial charge is 0.115 e. The number of phenols is 1. The van der Waals surface area contributed by atoms with Gasteiger partial charge in [-0.2, -0.15) is 0 Å². The summed E-state index contributed by atoms with van der Waals surface area (Å²) in [6, 6.07) is 7.30. The first-order chi connectivity index (χ1) is 10.3. The lowest BCUT2D eigenvalue weighted by Crippen LogP contribution is -2.37. The first-order valence-electron chi connectivity index (χ1n) is 8.61. The molecule has 3 aliphatic rings. The van der Waals surface area contributed by atoms with Gasteiger partial charge in [-0.15, -0.1) is 0 Å². The highest BCUT2D eigenvalue weighted by Crippen LogP contribution is 2.38. The van der Waals surface area contributed by atoms with E-state index in [1.807, 2.05) is 12.1 Å². The van der Waals surface area contributed by atoms with Gasteiger partial charge in [-0.3, -0.25) is 9.80 Å². The minimum absolute atomic E-state index is 0.427. The molecule has 2 fully saturated rings. The minimum Gasteiger partial charge on any atom is -0.508 e. The van der Waals surface area contributed by atoms with Crippen LogP contribution in [0.1, 0.15) is 49.3 Å². The molecule has 4 rings (SSSR count). The van der Waals surface area contributed by atoms with Crippen molar-refractivity contribution in [3.63, 3.8) is 0 Å². The van der Waals surface area contributed by atoms with E-state index < -0.39 is 0 Å². The van der Waals surface area contributed by atoms with Gasteiger partial charge in [-0.25, -0.2) is 0 Å². The summed E-state index contributed by atoms with van der Waals surface area (Å²) >= 11 is 0. The molecule has 0 bridgehead atoms. The van der Waals surface area contributed by atoms with Crippen LogP contribution in [0.2, 0.25) is 0 Å². The molecule has 2 unspecified atom stereocenters. The van der Waals surface area contributed by atoms with Crippen LogP contribution in [0.4, 0.5) is 0 Å². The zero-order valence-corrected chi connectivity index (χ0v) is 12.8. The normalized spacial score (nSPS) is 30.7. The Morgan fingerprint density at radius 1 is 0.952 bits per heavy atom. The summed E-state index contributed by atoms with van der Waals surface area (Å²) in [4.78, 5) is 5.38. The summed E-state index contributed by atoms with van der Waals surface area (Å²) in [6.07, 6.45) is 7.81. The lowest BCUT2D eigenvalue weighted by Gasteiger charge is -2.34. The Balaban J connectivity index is 1.51. The van der Waals surface area contributed by atoms with Gasteiger partial charge in [-0.1, -0.05) is 6.07 Å². The monoisotopic (exact) mass is 286 g/mol. The predicted octanol–water partition coefficient (Wildman–Crippen LogP) is 2.94. The molecular weight excluding hydrogens is 260 g/mol. The molecule has 3 heteroatoms. The molecule has 3 nitrogen and oxygen atoms in total. The largest absolute Gasteiger partial charge is 0.508 e. The van der Waals surface area contributed by atoms with E-state index in [1.54, 1.807) is 0 Å². The van der Waals surface area contributed by atoms with Crippen molar-refractivity contribution in [1.82, 2.24) is 9.80 Å². The van der Waals surface area contributed by atoms with Crippen LogP contribution < -0.4 is 0 Å². The fraction of sp³-hybridized carbons (Fsp3) is 0.667. The van der Waals surface area contributed by atoms with Crippen LogP contribution in [0.15, 0.2) is 18.2 Å². The maximum atomic E-state index is 9.85. The average Bonchev–Trinajstić information content (AvgIpc) is 3.17. The molecular formula is C18H26N2O. The van der Waals surface area contributed by atoms with E-state index in [-0.39, 0.29) is 0 Å². The van der Waals surface area contributed by atoms with Crippen molar-refractivity contribution in [3.8, 4) is 5.75 Å². The predicted molar refractivity (Wildman–Crippen MR) is 84.6 cm³/mol. The molecule has 2 aliphatic heterocycles. The maximum absolute atomic E-state index is 9.85. The standard InChI is InChI=1S/C18H26N2O/c21-16-7-6-14-4-3-5-18(17(14)12-16)20-11-8-15(13-20)19-9-1-2-10-19/h6-7,12,15,18,21H,1-5,8-11,13H2. The van der Waals surface area contributed by atoms with E-state index in [1.165, 1.54) is 75.8 Å². The Hall–Kier alpha value is -1.06. The van der Waals surface area contributed by atoms with Crippen LogP contribution in [0, 0.1) is 0 Å². The number of hydrogen-bond acceptors (Lipinski definition) is 3. The Morgan fingerprint density at radius 2 is 1.81 bits per heavy atom. The molecule has 2 heterocycles. The molecule has 21 heavy (non-hydrogen) atoms. The van der Waals surface area contributed by atoms with Crippen LogP contribution in [-0.4, -0.2) is 47.1 Å². The van der Waals surface area contributed by atoms with E-state index in [2.05, 4.69) is 15.9 Å². The molecule has 1 aromatic carbocycles. The molecule has 0 amide bonds. The fourth-order valence-electron chi connectivity index (χ4n) is 4.60. The number of fused-ring (bicyclic) bond motifs is 1. The van der Waals surface area contributed by atoms with Crippen molar-refractivity contribution in [2.45, 2.75) is 50.6 Å². The second-order valence-corrected chi connectivity index (χ2v) is 6.97. The second-order valence-electron chi connectivity index (χ2n) is 6.97. The lowest BCUT2D eigenvalue weighted by atomic mass is 9.86. The molecule has 1 aliphatic carbocycles. The van der Waals surface area contributed by atoms with Gasteiger partial charge in [-0.05, 0) is 74.9 Å². The van der Waals surface area contributed by atoms with Crippen molar-refractivity contribution in [2.24, 2.45) is 0 Å². The molecule has 0 radical (unpaired) electrons. The summed E-state index contributed by atoms with van der Waals surface area (Å²) in [6.45, 7) is 5.06. The van der Waals surface area contributed by atoms with Crippen LogP contribution >= 0.6 is 0 Å². The summed E-state index contributed by atoms with van der Waals surface area (Å²) in [7, 11) is 0. The number of phenolic OH excluding ortho intramolecular Hbond substituents is 1. The second kappa shape index (κ2) is 5.62. The number of hydrogen-bond donors (Lipinski definition) is 1. The number of nitrogens with zero attached hydrogens (tertiary/aromatic N) is 2. The van der Waals surface area contributed by atoms with Gasteiger partial charge in [0.15, 0.2) is 0 Å². The lowest BCUT2D eigenvalue weighted by molar-refractivity contribution is 0.187. The number of aromatic hydroxyl groups is 1. The van der Waals surface area contributed by atoms with Crippen molar-refractivity contribution >= 4 is 0 Å². The Morgan fingerprint density at radius 3 is 2.67 bits per heavy atom. The Kier molecular flexibility index (Phi) is 3.64. The third-order valence-electron chi connectivity index (χ3n) is 5.70. The van der Waals surface area contributed by atoms with E-state index in [9.17, 15) is 5.11 Å². The van der Waals surface area contributed by atoms with E-state index in [0.29, 0.717) is 11.8 Å².